The van der Waals surface area contributed by atoms with Crippen LogP contribution < -0.4 is 4.74 Å². The van der Waals surface area contributed by atoms with Crippen LogP contribution in [-0.4, -0.2) is 45.3 Å². The molecule has 1 saturated heterocycles. The van der Waals surface area contributed by atoms with E-state index >= 15 is 0 Å². The van der Waals surface area contributed by atoms with Crippen LogP contribution in [0, 0.1) is 0 Å². The maximum Gasteiger partial charge on any atom is 0.410 e. The zero-order valence-electron chi connectivity index (χ0n) is 18.3. The van der Waals surface area contributed by atoms with E-state index in [0.29, 0.717) is 31.7 Å². The van der Waals surface area contributed by atoms with E-state index in [-0.39, 0.29) is 11.7 Å². The third-order valence-electron chi connectivity index (χ3n) is 5.21. The molecule has 1 aromatic carbocycles. The molecule has 4 rings (SSSR count). The summed E-state index contributed by atoms with van der Waals surface area (Å²) in [6.07, 6.45) is 2.85. The minimum absolute atomic E-state index is 0.190. The van der Waals surface area contributed by atoms with Crippen LogP contribution >= 0.6 is 0 Å². The molecule has 30 heavy (non-hydrogen) atoms. The number of carboxylic acid groups (broad SMARTS) is 1. The van der Waals surface area contributed by atoms with Gasteiger partial charge in [0.05, 0.1) is 16.9 Å². The van der Waals surface area contributed by atoms with Crippen LogP contribution in [0.5, 0.6) is 5.75 Å². The lowest BCUT2D eigenvalue weighted by molar-refractivity contribution is -0.0269. The first-order chi connectivity index (χ1) is 14.2. The normalized spacial score (nSPS) is 16.5. The fraction of sp³-hybridized carbons (Fsp3) is 0.478. The summed E-state index contributed by atoms with van der Waals surface area (Å²) in [5.41, 5.74) is 0.911. The number of amides is 1. The van der Waals surface area contributed by atoms with Crippen LogP contribution in [0.15, 0.2) is 36.5 Å². The maximum atomic E-state index is 12.4. The van der Waals surface area contributed by atoms with E-state index in [1.54, 1.807) is 23.1 Å². The van der Waals surface area contributed by atoms with Gasteiger partial charge >= 0.3 is 12.1 Å². The number of hydrogen-bond donors (Lipinski definition) is 1. The first kappa shape index (κ1) is 21.7. The number of carboxylic acids is 1. The molecule has 0 saturated carbocycles. The second-order valence-corrected chi connectivity index (χ2v) is 8.31. The lowest BCUT2D eigenvalue weighted by atomic mass is 9.86. The van der Waals surface area contributed by atoms with Crippen LogP contribution in [0.3, 0.4) is 0 Å². The number of carbonyl (C=O) groups is 2. The van der Waals surface area contributed by atoms with Crippen molar-refractivity contribution in [3.05, 3.63) is 47.8 Å². The fourth-order valence-corrected chi connectivity index (χ4v) is 3.89. The zero-order chi connectivity index (χ0) is 22.1. The molecule has 1 fully saturated rings. The van der Waals surface area contributed by atoms with E-state index in [1.165, 1.54) is 0 Å². The highest BCUT2D eigenvalue weighted by molar-refractivity contribution is 5.88. The molecule has 0 unspecified atom stereocenters. The van der Waals surface area contributed by atoms with Gasteiger partial charge in [0.2, 0.25) is 0 Å². The molecule has 162 valence electrons. The monoisotopic (exact) mass is 414 g/mol. The van der Waals surface area contributed by atoms with Gasteiger partial charge in [0.15, 0.2) is 5.60 Å². The number of rotatable bonds is 1. The van der Waals surface area contributed by atoms with Gasteiger partial charge in [-0.05, 0) is 51.1 Å². The first-order valence-electron chi connectivity index (χ1n) is 10.4. The van der Waals surface area contributed by atoms with E-state index in [1.807, 2.05) is 57.5 Å². The Kier molecular flexibility index (Phi) is 5.83. The molecular formula is C23H30N2O5. The van der Waals surface area contributed by atoms with Crippen molar-refractivity contribution in [2.75, 3.05) is 13.1 Å². The molecule has 0 aliphatic carbocycles. The summed E-state index contributed by atoms with van der Waals surface area (Å²) in [7, 11) is 0. The van der Waals surface area contributed by atoms with Crippen molar-refractivity contribution in [1.29, 1.82) is 0 Å². The Balaban J connectivity index is 0.00000124. The molecule has 0 radical (unpaired) electrons. The van der Waals surface area contributed by atoms with Gasteiger partial charge in [-0.2, -0.15) is 0 Å². The molecule has 1 N–H and O–H groups in total. The Morgan fingerprint density at radius 2 is 1.80 bits per heavy atom. The molecule has 1 aromatic heterocycles. The molecule has 0 bridgehead atoms. The van der Waals surface area contributed by atoms with Gasteiger partial charge in [0.25, 0.3) is 0 Å². The number of nitrogens with zero attached hydrogens (tertiary/aromatic N) is 2. The van der Waals surface area contributed by atoms with Crippen molar-refractivity contribution in [2.24, 2.45) is 0 Å². The number of aromatic carboxylic acids is 1. The Morgan fingerprint density at radius 3 is 2.40 bits per heavy atom. The van der Waals surface area contributed by atoms with E-state index in [4.69, 9.17) is 9.47 Å². The summed E-state index contributed by atoms with van der Waals surface area (Å²) in [4.78, 5) is 25.5. The van der Waals surface area contributed by atoms with E-state index in [2.05, 4.69) is 0 Å². The van der Waals surface area contributed by atoms with Crippen molar-refractivity contribution in [1.82, 2.24) is 9.47 Å². The molecule has 3 heterocycles. The second kappa shape index (κ2) is 8.05. The SMILES string of the molecule is CC.CC(C)(C)OC(=O)N1CCC2(CC1)Oc1cc(C(=O)O)ccc1-n1cccc12. The average molecular weight is 415 g/mol. The highest BCUT2D eigenvalue weighted by Gasteiger charge is 2.45. The highest BCUT2D eigenvalue weighted by atomic mass is 16.6. The first-order valence-corrected chi connectivity index (χ1v) is 10.4. The summed E-state index contributed by atoms with van der Waals surface area (Å²) in [5, 5.41) is 9.31. The largest absolute Gasteiger partial charge is 0.479 e. The van der Waals surface area contributed by atoms with Gasteiger partial charge < -0.3 is 24.0 Å². The van der Waals surface area contributed by atoms with Gasteiger partial charge in [-0.25, -0.2) is 9.59 Å². The van der Waals surface area contributed by atoms with Crippen molar-refractivity contribution < 1.29 is 24.2 Å². The molecule has 7 nitrogen and oxygen atoms in total. The predicted molar refractivity (Wildman–Crippen MR) is 113 cm³/mol. The fourth-order valence-electron chi connectivity index (χ4n) is 3.89. The maximum absolute atomic E-state index is 12.4. The molecule has 1 amide bonds. The van der Waals surface area contributed by atoms with Crippen molar-refractivity contribution in [3.8, 4) is 11.4 Å². The highest BCUT2D eigenvalue weighted by Crippen LogP contribution is 2.45. The lowest BCUT2D eigenvalue weighted by Gasteiger charge is -2.45. The van der Waals surface area contributed by atoms with Crippen molar-refractivity contribution in [2.45, 2.75) is 58.7 Å². The van der Waals surface area contributed by atoms with E-state index in [9.17, 15) is 14.7 Å². The topological polar surface area (TPSA) is 81.0 Å². The summed E-state index contributed by atoms with van der Waals surface area (Å²) in [6.45, 7) is 10.6. The van der Waals surface area contributed by atoms with Gasteiger partial charge in [-0.3, -0.25) is 0 Å². The average Bonchev–Trinajstić information content (AvgIpc) is 3.19. The molecule has 2 aliphatic rings. The molecule has 2 aliphatic heterocycles. The Hall–Kier alpha value is -2.96. The lowest BCUT2D eigenvalue weighted by Crippen LogP contribution is -2.50. The number of likely N-dealkylation sites (tertiary alicyclic amines) is 1. The van der Waals surface area contributed by atoms with Crippen LogP contribution in [0.2, 0.25) is 0 Å². The van der Waals surface area contributed by atoms with Gasteiger partial charge in [0.1, 0.15) is 11.4 Å². The number of hydrogen-bond acceptors (Lipinski definition) is 4. The van der Waals surface area contributed by atoms with Gasteiger partial charge in [-0.1, -0.05) is 13.8 Å². The number of piperidine rings is 1. The van der Waals surface area contributed by atoms with Crippen molar-refractivity contribution >= 4 is 12.1 Å². The van der Waals surface area contributed by atoms with Gasteiger partial charge in [0, 0.05) is 32.1 Å². The number of fused-ring (bicyclic) bond motifs is 4. The standard InChI is InChI=1S/C21H24N2O5.C2H6/c1-20(2,3)28-19(26)22-11-8-21(9-12-22)17-5-4-10-23(17)15-7-6-14(18(24)25)13-16(15)27-21;1-2/h4-7,10,13H,8-9,11-12H2,1-3H3,(H,24,25);1-2H3. The van der Waals surface area contributed by atoms with Crippen molar-refractivity contribution in [3.63, 3.8) is 0 Å². The van der Waals surface area contributed by atoms with Crippen LogP contribution in [0.25, 0.3) is 5.69 Å². The Bertz CT molecular complexity index is 933. The van der Waals surface area contributed by atoms with Gasteiger partial charge in [-0.15, -0.1) is 0 Å². The molecule has 2 aromatic rings. The zero-order valence-corrected chi connectivity index (χ0v) is 18.3. The minimum Gasteiger partial charge on any atom is -0.479 e. The third kappa shape index (κ3) is 4.01. The summed E-state index contributed by atoms with van der Waals surface area (Å²) in [6, 6.07) is 8.91. The summed E-state index contributed by atoms with van der Waals surface area (Å²) < 4.78 is 13.9. The Morgan fingerprint density at radius 1 is 1.13 bits per heavy atom. The molecule has 1 spiro atoms. The molecule has 7 heteroatoms. The summed E-state index contributed by atoms with van der Waals surface area (Å²) >= 11 is 0. The molecule has 0 atom stereocenters. The van der Waals surface area contributed by atoms with E-state index < -0.39 is 17.2 Å². The predicted octanol–water partition coefficient (Wildman–Crippen LogP) is 4.82. The van der Waals surface area contributed by atoms with E-state index in [0.717, 1.165) is 11.4 Å². The quantitative estimate of drug-likeness (QED) is 0.723. The second-order valence-electron chi connectivity index (χ2n) is 8.31. The third-order valence-corrected chi connectivity index (χ3v) is 5.21. The number of ether oxygens (including phenoxy) is 2. The number of benzene rings is 1. The smallest absolute Gasteiger partial charge is 0.410 e. The minimum atomic E-state index is -0.988. The Labute approximate surface area is 177 Å². The number of aromatic nitrogens is 1. The van der Waals surface area contributed by atoms with Crippen LogP contribution in [0.1, 0.15) is 63.5 Å². The summed E-state index contributed by atoms with van der Waals surface area (Å²) in [5.74, 6) is -0.437. The van der Waals surface area contributed by atoms with Crippen LogP contribution in [-0.2, 0) is 10.3 Å². The number of carbonyl (C=O) groups excluding carboxylic acids is 1. The van der Waals surface area contributed by atoms with Crippen LogP contribution in [0.4, 0.5) is 4.79 Å². The molecular weight excluding hydrogens is 384 g/mol.